The Bertz CT molecular complexity index is 573. The first-order valence-corrected chi connectivity index (χ1v) is 7.08. The minimum Gasteiger partial charge on any atom is -0.395 e. The van der Waals surface area contributed by atoms with Crippen LogP contribution in [-0.4, -0.2) is 16.3 Å². The highest BCUT2D eigenvalue weighted by molar-refractivity contribution is 5.85. The van der Waals surface area contributed by atoms with Crippen molar-refractivity contribution >= 4 is 10.9 Å². The molecule has 2 nitrogen and oxygen atoms in total. The fraction of sp³-hybridized carbons (Fsp3) is 0.529. The van der Waals surface area contributed by atoms with Gasteiger partial charge in [-0.3, -0.25) is 0 Å². The van der Waals surface area contributed by atoms with E-state index < -0.39 is 0 Å². The molecule has 19 heavy (non-hydrogen) atoms. The molecule has 1 aromatic carbocycles. The van der Waals surface area contributed by atoms with Crippen LogP contribution in [0.5, 0.6) is 0 Å². The summed E-state index contributed by atoms with van der Waals surface area (Å²) in [6, 6.07) is 6.72. The van der Waals surface area contributed by atoms with Crippen molar-refractivity contribution in [2.24, 2.45) is 0 Å². The van der Waals surface area contributed by atoms with Crippen LogP contribution in [0.1, 0.15) is 51.7 Å². The van der Waals surface area contributed by atoms with E-state index in [9.17, 15) is 5.11 Å². The van der Waals surface area contributed by atoms with Crippen LogP contribution in [0.4, 0.5) is 0 Å². The first-order chi connectivity index (χ1) is 8.84. The second-order valence-corrected chi connectivity index (χ2v) is 6.64. The van der Waals surface area contributed by atoms with Gasteiger partial charge in [-0.25, -0.2) is 0 Å². The Morgan fingerprint density at radius 1 is 1.21 bits per heavy atom. The van der Waals surface area contributed by atoms with Crippen LogP contribution in [0, 0.1) is 0 Å². The number of aliphatic hydroxyl groups is 1. The zero-order chi connectivity index (χ0) is 14.2. The Balaban J connectivity index is 2.66. The van der Waals surface area contributed by atoms with Crippen LogP contribution < -0.4 is 0 Å². The molecule has 0 aliphatic heterocycles. The largest absolute Gasteiger partial charge is 0.395 e. The molecule has 1 N–H and O–H groups in total. The smallest absolute Gasteiger partial charge is 0.0610 e. The van der Waals surface area contributed by atoms with E-state index in [1.807, 2.05) is 0 Å². The lowest BCUT2D eigenvalue weighted by molar-refractivity contribution is 0.278. The van der Waals surface area contributed by atoms with Crippen molar-refractivity contribution < 1.29 is 5.11 Å². The lowest BCUT2D eigenvalue weighted by atomic mass is 9.86. The average Bonchev–Trinajstić information content (AvgIpc) is 2.67. The quantitative estimate of drug-likeness (QED) is 0.883. The Morgan fingerprint density at radius 2 is 1.89 bits per heavy atom. The number of fused-ring (bicyclic) bond motifs is 1. The predicted molar refractivity (Wildman–Crippen MR) is 81.8 cm³/mol. The highest BCUT2D eigenvalue weighted by atomic mass is 16.3. The highest BCUT2D eigenvalue weighted by Gasteiger charge is 2.17. The maximum atomic E-state index is 9.19. The van der Waals surface area contributed by atoms with Gasteiger partial charge in [-0.05, 0) is 34.6 Å². The molecule has 0 aliphatic carbocycles. The summed E-state index contributed by atoms with van der Waals surface area (Å²) in [6.45, 7) is 12.0. The fourth-order valence-corrected chi connectivity index (χ4v) is 2.54. The number of aromatic nitrogens is 1. The van der Waals surface area contributed by atoms with Gasteiger partial charge in [0, 0.05) is 23.6 Å². The summed E-state index contributed by atoms with van der Waals surface area (Å²) in [6.07, 6.45) is 2.19. The third-order valence-electron chi connectivity index (χ3n) is 3.74. The van der Waals surface area contributed by atoms with E-state index in [2.05, 4.69) is 63.6 Å². The van der Waals surface area contributed by atoms with E-state index in [0.29, 0.717) is 12.5 Å². The van der Waals surface area contributed by atoms with Crippen LogP contribution in [0.3, 0.4) is 0 Å². The molecule has 104 valence electrons. The van der Waals surface area contributed by atoms with Crippen LogP contribution in [0.25, 0.3) is 10.9 Å². The van der Waals surface area contributed by atoms with E-state index in [0.717, 1.165) is 0 Å². The van der Waals surface area contributed by atoms with Crippen molar-refractivity contribution in [1.82, 2.24) is 4.57 Å². The van der Waals surface area contributed by atoms with Gasteiger partial charge in [0.25, 0.3) is 0 Å². The average molecular weight is 259 g/mol. The Labute approximate surface area is 116 Å². The van der Waals surface area contributed by atoms with Crippen LogP contribution in [0.15, 0.2) is 24.4 Å². The normalized spacial score (nSPS) is 12.6. The molecule has 0 amide bonds. The standard InChI is InChI=1S/C17H25NO/c1-12(2)15-11-18(8-9-19)16-7-6-13(10-14(15)16)17(3,4)5/h6-7,10-12,19H,8-9H2,1-5H3. The van der Waals surface area contributed by atoms with E-state index >= 15 is 0 Å². The molecule has 2 aromatic rings. The summed E-state index contributed by atoms with van der Waals surface area (Å²) >= 11 is 0. The molecule has 0 bridgehead atoms. The van der Waals surface area contributed by atoms with Gasteiger partial charge >= 0.3 is 0 Å². The topological polar surface area (TPSA) is 25.2 Å². The summed E-state index contributed by atoms with van der Waals surface area (Å²) < 4.78 is 2.16. The SMILES string of the molecule is CC(C)c1cn(CCO)c2ccc(C(C)(C)C)cc12. The molecular formula is C17H25NO. The van der Waals surface area contributed by atoms with E-state index in [1.165, 1.54) is 22.0 Å². The maximum absolute atomic E-state index is 9.19. The van der Waals surface area contributed by atoms with Crippen LogP contribution >= 0.6 is 0 Å². The Morgan fingerprint density at radius 3 is 2.42 bits per heavy atom. The molecule has 2 heteroatoms. The molecule has 1 aromatic heterocycles. The van der Waals surface area contributed by atoms with Gasteiger partial charge in [-0.15, -0.1) is 0 Å². The zero-order valence-corrected chi connectivity index (χ0v) is 12.7. The second-order valence-electron chi connectivity index (χ2n) is 6.64. The van der Waals surface area contributed by atoms with Crippen molar-refractivity contribution in [2.75, 3.05) is 6.61 Å². The summed E-state index contributed by atoms with van der Waals surface area (Å²) in [5.41, 5.74) is 4.13. The summed E-state index contributed by atoms with van der Waals surface area (Å²) in [4.78, 5) is 0. The molecule has 2 rings (SSSR count). The first kappa shape index (κ1) is 14.1. The molecule has 0 radical (unpaired) electrons. The Kier molecular flexibility index (Phi) is 3.73. The van der Waals surface area contributed by atoms with E-state index in [4.69, 9.17) is 0 Å². The summed E-state index contributed by atoms with van der Waals surface area (Å²) in [7, 11) is 0. The van der Waals surface area contributed by atoms with Crippen molar-refractivity contribution in [3.05, 3.63) is 35.5 Å². The lowest BCUT2D eigenvalue weighted by Crippen LogP contribution is -2.10. The van der Waals surface area contributed by atoms with E-state index in [-0.39, 0.29) is 12.0 Å². The number of benzene rings is 1. The minimum absolute atomic E-state index is 0.168. The van der Waals surface area contributed by atoms with Gasteiger partial charge in [0.05, 0.1) is 6.61 Å². The first-order valence-electron chi connectivity index (χ1n) is 7.08. The maximum Gasteiger partial charge on any atom is 0.0610 e. The number of aliphatic hydroxyl groups excluding tert-OH is 1. The Hall–Kier alpha value is -1.28. The van der Waals surface area contributed by atoms with Crippen molar-refractivity contribution in [2.45, 2.75) is 52.5 Å². The third kappa shape index (κ3) is 2.69. The summed E-state index contributed by atoms with van der Waals surface area (Å²) in [5, 5.41) is 10.5. The van der Waals surface area contributed by atoms with Gasteiger partial charge in [0.15, 0.2) is 0 Å². The molecule has 0 saturated heterocycles. The monoisotopic (exact) mass is 259 g/mol. The van der Waals surface area contributed by atoms with Crippen molar-refractivity contribution in [3.8, 4) is 0 Å². The molecule has 0 unspecified atom stereocenters. The molecule has 0 aliphatic rings. The molecule has 0 spiro atoms. The highest BCUT2D eigenvalue weighted by Crippen LogP contribution is 2.32. The number of hydrogen-bond acceptors (Lipinski definition) is 1. The summed E-state index contributed by atoms with van der Waals surface area (Å²) in [5.74, 6) is 0.498. The number of rotatable bonds is 3. The van der Waals surface area contributed by atoms with Gasteiger partial charge in [0.2, 0.25) is 0 Å². The van der Waals surface area contributed by atoms with Crippen LogP contribution in [-0.2, 0) is 12.0 Å². The number of hydrogen-bond donors (Lipinski definition) is 1. The van der Waals surface area contributed by atoms with Gasteiger partial charge in [-0.1, -0.05) is 40.7 Å². The van der Waals surface area contributed by atoms with Crippen molar-refractivity contribution in [1.29, 1.82) is 0 Å². The molecule has 0 atom stereocenters. The van der Waals surface area contributed by atoms with Gasteiger partial charge in [-0.2, -0.15) is 0 Å². The third-order valence-corrected chi connectivity index (χ3v) is 3.74. The van der Waals surface area contributed by atoms with Crippen molar-refractivity contribution in [3.63, 3.8) is 0 Å². The van der Waals surface area contributed by atoms with Gasteiger partial charge < -0.3 is 9.67 Å². The molecule has 1 heterocycles. The predicted octanol–water partition coefficient (Wildman–Crippen LogP) is 4.05. The van der Waals surface area contributed by atoms with Gasteiger partial charge in [0.1, 0.15) is 0 Å². The molecule has 0 saturated carbocycles. The molecular weight excluding hydrogens is 234 g/mol. The minimum atomic E-state index is 0.168. The van der Waals surface area contributed by atoms with E-state index in [1.54, 1.807) is 0 Å². The lowest BCUT2D eigenvalue weighted by Gasteiger charge is -2.19. The molecule has 0 fully saturated rings. The number of nitrogens with zero attached hydrogens (tertiary/aromatic N) is 1. The van der Waals surface area contributed by atoms with Crippen LogP contribution in [0.2, 0.25) is 0 Å². The zero-order valence-electron chi connectivity index (χ0n) is 12.7. The second kappa shape index (κ2) is 5.01. The fourth-order valence-electron chi connectivity index (χ4n) is 2.54.